The average Bonchev–Trinajstić information content (AvgIpc) is 2.57. The maximum absolute atomic E-state index is 5.75. The fourth-order valence-electron chi connectivity index (χ4n) is 3.48. The van der Waals surface area contributed by atoms with Gasteiger partial charge in [0.1, 0.15) is 0 Å². The van der Waals surface area contributed by atoms with Gasteiger partial charge in [0.25, 0.3) is 0 Å². The van der Waals surface area contributed by atoms with Gasteiger partial charge < -0.3 is 10.6 Å². The van der Waals surface area contributed by atoms with Crippen LogP contribution in [0, 0.1) is 19.8 Å². The number of nitrogens with zero attached hydrogens (tertiary/aromatic N) is 1. The van der Waals surface area contributed by atoms with E-state index in [1.807, 2.05) is 0 Å². The molecule has 0 aliphatic carbocycles. The van der Waals surface area contributed by atoms with E-state index in [0.29, 0.717) is 5.92 Å². The lowest BCUT2D eigenvalue weighted by atomic mass is 9.85. The summed E-state index contributed by atoms with van der Waals surface area (Å²) in [5.74, 6) is 0.710. The van der Waals surface area contributed by atoms with Crippen LogP contribution in [0.3, 0.4) is 0 Å². The van der Waals surface area contributed by atoms with Crippen molar-refractivity contribution < 1.29 is 0 Å². The molecule has 0 radical (unpaired) electrons. The fourth-order valence-corrected chi connectivity index (χ4v) is 3.48. The topological polar surface area (TPSA) is 29.3 Å². The largest absolute Gasteiger partial charge is 0.366 e. The second-order valence-electron chi connectivity index (χ2n) is 6.11. The minimum atomic E-state index is 0.218. The summed E-state index contributed by atoms with van der Waals surface area (Å²) in [4.78, 5) is 2.60. The van der Waals surface area contributed by atoms with Crippen molar-refractivity contribution in [2.75, 3.05) is 18.0 Å². The van der Waals surface area contributed by atoms with Crippen LogP contribution in [0.2, 0.25) is 0 Å². The van der Waals surface area contributed by atoms with Crippen LogP contribution in [0.4, 0.5) is 5.69 Å². The Bertz CT molecular complexity index is 403. The fraction of sp³-hybridized carbons (Fsp3) is 0.625. The molecule has 1 aromatic carbocycles. The highest BCUT2D eigenvalue weighted by atomic mass is 15.2. The maximum atomic E-state index is 5.75. The number of nitrogens with two attached hydrogens (primary N) is 1. The highest BCUT2D eigenvalue weighted by molar-refractivity contribution is 5.61. The Balaban J connectivity index is 2.35. The molecule has 1 heterocycles. The number of hydrogen-bond acceptors (Lipinski definition) is 2. The molecule has 1 atom stereocenters. The van der Waals surface area contributed by atoms with E-state index in [2.05, 4.69) is 50.8 Å². The Morgan fingerprint density at radius 2 is 1.89 bits per heavy atom. The quantitative estimate of drug-likeness (QED) is 0.887. The zero-order valence-electron chi connectivity index (χ0n) is 12.2. The molecule has 2 N–H and O–H groups in total. The lowest BCUT2D eigenvalue weighted by Gasteiger charge is -2.39. The van der Waals surface area contributed by atoms with Crippen molar-refractivity contribution in [3.8, 4) is 0 Å². The Kier molecular flexibility index (Phi) is 3.67. The summed E-state index contributed by atoms with van der Waals surface area (Å²) in [6.45, 7) is 11.1. The van der Waals surface area contributed by atoms with Gasteiger partial charge in [-0.2, -0.15) is 0 Å². The van der Waals surface area contributed by atoms with Crippen molar-refractivity contribution in [1.29, 1.82) is 0 Å². The highest BCUT2D eigenvalue weighted by Crippen LogP contribution is 2.41. The summed E-state index contributed by atoms with van der Waals surface area (Å²) >= 11 is 0. The van der Waals surface area contributed by atoms with E-state index >= 15 is 0 Å². The van der Waals surface area contributed by atoms with E-state index in [0.717, 1.165) is 19.5 Å². The minimum absolute atomic E-state index is 0.218. The molecular formula is C16H26N2. The smallest absolute Gasteiger partial charge is 0.0430 e. The molecule has 0 saturated carbocycles. The van der Waals surface area contributed by atoms with Crippen LogP contribution in [0.5, 0.6) is 0 Å². The third kappa shape index (κ3) is 2.14. The molecule has 1 fully saturated rings. The molecule has 1 aliphatic heterocycles. The molecule has 1 aliphatic rings. The molecule has 1 aromatic rings. The van der Waals surface area contributed by atoms with Gasteiger partial charge in [0, 0.05) is 17.8 Å². The standard InChI is InChI=1S/C16H26N2/c1-12-6-5-7-13(2)15(12)18-11-9-14(8-10-17)16(18,3)4/h5-7,14H,8-11,17H2,1-4H3. The van der Waals surface area contributed by atoms with Crippen molar-refractivity contribution >= 4 is 5.69 Å². The zero-order chi connectivity index (χ0) is 13.3. The molecule has 2 rings (SSSR count). The lowest BCUT2D eigenvalue weighted by Crippen LogP contribution is -2.43. The van der Waals surface area contributed by atoms with Gasteiger partial charge >= 0.3 is 0 Å². The Morgan fingerprint density at radius 1 is 1.28 bits per heavy atom. The van der Waals surface area contributed by atoms with E-state index < -0.39 is 0 Å². The normalized spacial score (nSPS) is 22.5. The van der Waals surface area contributed by atoms with Crippen LogP contribution in [0.25, 0.3) is 0 Å². The lowest BCUT2D eigenvalue weighted by molar-refractivity contribution is 0.348. The van der Waals surface area contributed by atoms with Crippen LogP contribution in [-0.2, 0) is 0 Å². The van der Waals surface area contributed by atoms with Crippen molar-refractivity contribution in [2.24, 2.45) is 11.7 Å². The molecule has 2 heteroatoms. The van der Waals surface area contributed by atoms with Crippen LogP contribution >= 0.6 is 0 Å². The SMILES string of the molecule is Cc1cccc(C)c1N1CCC(CCN)C1(C)C. The predicted octanol–water partition coefficient (Wildman–Crippen LogP) is 3.26. The summed E-state index contributed by atoms with van der Waals surface area (Å²) in [6.07, 6.45) is 2.40. The first-order valence-electron chi connectivity index (χ1n) is 7.02. The number of para-hydroxylation sites is 1. The third-order valence-corrected chi connectivity index (χ3v) is 4.62. The van der Waals surface area contributed by atoms with Crippen LogP contribution in [0.1, 0.15) is 37.8 Å². The van der Waals surface area contributed by atoms with Gasteiger partial charge in [0.05, 0.1) is 0 Å². The number of hydrogen-bond donors (Lipinski definition) is 1. The summed E-state index contributed by atoms with van der Waals surface area (Å²) in [5.41, 5.74) is 10.2. The van der Waals surface area contributed by atoms with Gasteiger partial charge in [-0.3, -0.25) is 0 Å². The van der Waals surface area contributed by atoms with Gasteiger partial charge in [0.15, 0.2) is 0 Å². The highest BCUT2D eigenvalue weighted by Gasteiger charge is 2.41. The monoisotopic (exact) mass is 246 g/mol. The van der Waals surface area contributed by atoms with Crippen molar-refractivity contribution in [3.05, 3.63) is 29.3 Å². The molecule has 1 saturated heterocycles. The van der Waals surface area contributed by atoms with Gasteiger partial charge in [0.2, 0.25) is 0 Å². The Labute approximate surface area is 111 Å². The minimum Gasteiger partial charge on any atom is -0.366 e. The van der Waals surface area contributed by atoms with E-state index in [1.165, 1.54) is 23.2 Å². The van der Waals surface area contributed by atoms with E-state index in [-0.39, 0.29) is 5.54 Å². The van der Waals surface area contributed by atoms with Gasteiger partial charge in [-0.1, -0.05) is 18.2 Å². The molecular weight excluding hydrogens is 220 g/mol. The van der Waals surface area contributed by atoms with Gasteiger partial charge in [-0.15, -0.1) is 0 Å². The number of rotatable bonds is 3. The number of benzene rings is 1. The van der Waals surface area contributed by atoms with E-state index in [9.17, 15) is 0 Å². The van der Waals surface area contributed by atoms with E-state index in [4.69, 9.17) is 5.73 Å². The summed E-state index contributed by atoms with van der Waals surface area (Å²) in [5, 5.41) is 0. The maximum Gasteiger partial charge on any atom is 0.0430 e. The molecule has 0 bridgehead atoms. The van der Waals surface area contributed by atoms with Crippen LogP contribution in [-0.4, -0.2) is 18.6 Å². The summed E-state index contributed by atoms with van der Waals surface area (Å²) in [6, 6.07) is 6.58. The number of aryl methyl sites for hydroxylation is 2. The number of anilines is 1. The molecule has 0 aromatic heterocycles. The first-order valence-corrected chi connectivity index (χ1v) is 7.02. The van der Waals surface area contributed by atoms with Crippen LogP contribution in [0.15, 0.2) is 18.2 Å². The van der Waals surface area contributed by atoms with Crippen molar-refractivity contribution in [3.63, 3.8) is 0 Å². The summed E-state index contributed by atoms with van der Waals surface area (Å²) in [7, 11) is 0. The Hall–Kier alpha value is -1.02. The first-order chi connectivity index (χ1) is 8.48. The molecule has 2 nitrogen and oxygen atoms in total. The molecule has 100 valence electrons. The molecule has 0 spiro atoms. The second-order valence-corrected chi connectivity index (χ2v) is 6.11. The third-order valence-electron chi connectivity index (χ3n) is 4.62. The van der Waals surface area contributed by atoms with Crippen molar-refractivity contribution in [2.45, 2.75) is 46.1 Å². The second kappa shape index (κ2) is 4.93. The van der Waals surface area contributed by atoms with Crippen molar-refractivity contribution in [1.82, 2.24) is 0 Å². The molecule has 1 unspecified atom stereocenters. The molecule has 0 amide bonds. The van der Waals surface area contributed by atoms with Crippen LogP contribution < -0.4 is 10.6 Å². The van der Waals surface area contributed by atoms with Gasteiger partial charge in [-0.25, -0.2) is 0 Å². The zero-order valence-corrected chi connectivity index (χ0v) is 12.2. The van der Waals surface area contributed by atoms with E-state index in [1.54, 1.807) is 0 Å². The average molecular weight is 246 g/mol. The van der Waals surface area contributed by atoms with Gasteiger partial charge in [-0.05, 0) is 64.1 Å². The first kappa shape index (κ1) is 13.4. The molecule has 18 heavy (non-hydrogen) atoms. The summed E-state index contributed by atoms with van der Waals surface area (Å²) < 4.78 is 0. The Morgan fingerprint density at radius 3 is 2.44 bits per heavy atom. The predicted molar refractivity (Wildman–Crippen MR) is 79.1 cm³/mol.